The molecule has 1 amide bonds. The Bertz CT molecular complexity index is 1370. The molecule has 2 saturated heterocycles. The number of halogens is 3. The van der Waals surface area contributed by atoms with Gasteiger partial charge < -0.3 is 29.3 Å². The van der Waals surface area contributed by atoms with Gasteiger partial charge in [0.25, 0.3) is 0 Å². The molecular weight excluding hydrogens is 520 g/mol. The van der Waals surface area contributed by atoms with Gasteiger partial charge in [-0.2, -0.15) is 9.97 Å². The number of ether oxygens (including phenoxy) is 2. The predicted octanol–water partition coefficient (Wildman–Crippen LogP) is 4.51. The van der Waals surface area contributed by atoms with E-state index in [-0.39, 0.29) is 52.6 Å². The number of hydrogen-bond donors (Lipinski definition) is 1. The standard InChI is InChI=1S/C26H28ClF2N5O4/c1-32-8-4-5-15(32)14-38-25-30-23-16(24(31-25)33-9-11-34(12-10-33)26(35)36)13-17(27)20(22(23)29)21-18(28)6-3-7-19(21)37-2/h3,6-7,13,15H,4-5,8-12,14H2,1-2H3,(H,35,36)/t15-/m0/s1. The van der Waals surface area contributed by atoms with Crippen molar-refractivity contribution >= 4 is 34.4 Å². The maximum absolute atomic E-state index is 16.2. The molecule has 2 aliphatic heterocycles. The predicted molar refractivity (Wildman–Crippen MR) is 139 cm³/mol. The molecule has 0 bridgehead atoms. The van der Waals surface area contributed by atoms with Crippen LogP contribution in [0.4, 0.5) is 19.4 Å². The van der Waals surface area contributed by atoms with E-state index in [1.807, 2.05) is 11.9 Å². The number of methoxy groups -OCH3 is 1. The summed E-state index contributed by atoms with van der Waals surface area (Å²) in [6.07, 6.45) is 1.03. The number of rotatable bonds is 6. The summed E-state index contributed by atoms with van der Waals surface area (Å²) in [5.41, 5.74) is -0.351. The molecule has 38 heavy (non-hydrogen) atoms. The van der Waals surface area contributed by atoms with Gasteiger partial charge in [0, 0.05) is 43.2 Å². The second-order valence-electron chi connectivity index (χ2n) is 9.43. The Kier molecular flexibility index (Phi) is 7.40. The van der Waals surface area contributed by atoms with Crippen LogP contribution in [0.3, 0.4) is 0 Å². The fourth-order valence-corrected chi connectivity index (χ4v) is 5.37. The summed E-state index contributed by atoms with van der Waals surface area (Å²) in [5, 5.41) is 9.62. The van der Waals surface area contributed by atoms with Gasteiger partial charge in [-0.05, 0) is 44.6 Å². The van der Waals surface area contributed by atoms with E-state index in [2.05, 4.69) is 14.9 Å². The SMILES string of the molecule is COc1cccc(F)c1-c1c(Cl)cc2c(N3CCN(C(=O)O)CC3)nc(OC[C@@H]3CCCN3C)nc2c1F. The van der Waals surface area contributed by atoms with Gasteiger partial charge in [-0.1, -0.05) is 17.7 Å². The number of carbonyl (C=O) groups is 1. The van der Waals surface area contributed by atoms with E-state index in [9.17, 15) is 14.3 Å². The number of fused-ring (bicyclic) bond motifs is 1. The van der Waals surface area contributed by atoms with Crippen LogP contribution in [-0.4, -0.2) is 90.5 Å². The molecule has 12 heteroatoms. The highest BCUT2D eigenvalue weighted by atomic mass is 35.5. The third-order valence-electron chi connectivity index (χ3n) is 7.21. The van der Waals surface area contributed by atoms with Crippen molar-refractivity contribution < 1.29 is 28.2 Å². The van der Waals surface area contributed by atoms with Crippen molar-refractivity contribution in [1.29, 1.82) is 0 Å². The molecule has 0 spiro atoms. The van der Waals surface area contributed by atoms with Crippen molar-refractivity contribution in [3.05, 3.63) is 40.9 Å². The van der Waals surface area contributed by atoms with E-state index in [0.717, 1.165) is 19.4 Å². The second-order valence-corrected chi connectivity index (χ2v) is 9.84. The minimum absolute atomic E-state index is 0.0128. The van der Waals surface area contributed by atoms with E-state index >= 15 is 4.39 Å². The maximum Gasteiger partial charge on any atom is 0.407 e. The molecule has 0 saturated carbocycles. The zero-order chi connectivity index (χ0) is 27.0. The van der Waals surface area contributed by atoms with Gasteiger partial charge in [-0.25, -0.2) is 13.6 Å². The minimum Gasteiger partial charge on any atom is -0.496 e. The molecule has 202 valence electrons. The Morgan fingerprint density at radius 2 is 1.92 bits per heavy atom. The summed E-state index contributed by atoms with van der Waals surface area (Å²) in [6, 6.07) is 5.88. The smallest absolute Gasteiger partial charge is 0.407 e. The minimum atomic E-state index is -1.00. The molecule has 9 nitrogen and oxygen atoms in total. The first-order valence-corrected chi connectivity index (χ1v) is 12.7. The zero-order valence-corrected chi connectivity index (χ0v) is 21.8. The quantitative estimate of drug-likeness (QED) is 0.482. The lowest BCUT2D eigenvalue weighted by Gasteiger charge is -2.34. The lowest BCUT2D eigenvalue weighted by molar-refractivity contribution is 0.142. The number of anilines is 1. The molecule has 0 unspecified atom stereocenters. The molecule has 2 aliphatic rings. The number of likely N-dealkylation sites (N-methyl/N-ethyl adjacent to an activating group) is 1. The number of hydrogen-bond acceptors (Lipinski definition) is 7. The highest BCUT2D eigenvalue weighted by molar-refractivity contribution is 6.34. The number of benzene rings is 2. The Hall–Kier alpha value is -3.44. The molecule has 2 aromatic carbocycles. The fourth-order valence-electron chi connectivity index (χ4n) is 5.08. The normalized spacial score (nSPS) is 18.3. The molecule has 1 aromatic heterocycles. The largest absolute Gasteiger partial charge is 0.496 e. The molecule has 1 N–H and O–H groups in total. The van der Waals surface area contributed by atoms with Crippen molar-refractivity contribution in [2.24, 2.45) is 0 Å². The van der Waals surface area contributed by atoms with Crippen LogP contribution in [0.5, 0.6) is 11.8 Å². The average Bonchev–Trinajstić information content (AvgIpc) is 3.32. The number of piperazine rings is 1. The first kappa shape index (κ1) is 26.2. The number of carboxylic acid groups (broad SMARTS) is 1. The molecular formula is C26H28ClF2N5O4. The van der Waals surface area contributed by atoms with E-state index in [0.29, 0.717) is 30.9 Å². The first-order chi connectivity index (χ1) is 18.3. The van der Waals surface area contributed by atoms with Crippen LogP contribution in [0.1, 0.15) is 12.8 Å². The highest BCUT2D eigenvalue weighted by Crippen LogP contribution is 2.43. The van der Waals surface area contributed by atoms with Crippen LogP contribution in [0.15, 0.2) is 24.3 Å². The molecule has 0 aliphatic carbocycles. The van der Waals surface area contributed by atoms with Crippen LogP contribution in [0, 0.1) is 11.6 Å². The lowest BCUT2D eigenvalue weighted by Crippen LogP contribution is -2.48. The first-order valence-electron chi connectivity index (χ1n) is 12.4. The van der Waals surface area contributed by atoms with Gasteiger partial charge in [-0.3, -0.25) is 0 Å². The Morgan fingerprint density at radius 3 is 2.58 bits per heavy atom. The van der Waals surface area contributed by atoms with Gasteiger partial charge in [0.2, 0.25) is 0 Å². The van der Waals surface area contributed by atoms with E-state index in [1.165, 1.54) is 36.3 Å². The van der Waals surface area contributed by atoms with Crippen molar-refractivity contribution in [2.45, 2.75) is 18.9 Å². The summed E-state index contributed by atoms with van der Waals surface area (Å²) in [5.74, 6) is -1.01. The highest BCUT2D eigenvalue weighted by Gasteiger charge is 2.29. The maximum atomic E-state index is 16.2. The molecule has 0 radical (unpaired) electrons. The fraction of sp³-hybridized carbons (Fsp3) is 0.423. The van der Waals surface area contributed by atoms with Crippen LogP contribution in [-0.2, 0) is 0 Å². The molecule has 1 atom stereocenters. The van der Waals surface area contributed by atoms with Crippen LogP contribution >= 0.6 is 11.6 Å². The van der Waals surface area contributed by atoms with E-state index < -0.39 is 17.7 Å². The van der Waals surface area contributed by atoms with Gasteiger partial charge in [0.1, 0.15) is 29.5 Å². The van der Waals surface area contributed by atoms with E-state index in [4.69, 9.17) is 21.1 Å². The Balaban J connectivity index is 1.62. The number of likely N-dealkylation sites (tertiary alicyclic amines) is 1. The van der Waals surface area contributed by atoms with Gasteiger partial charge in [0.05, 0.1) is 17.7 Å². The summed E-state index contributed by atoms with van der Waals surface area (Å²) >= 11 is 6.56. The summed E-state index contributed by atoms with van der Waals surface area (Å²) in [4.78, 5) is 25.7. The monoisotopic (exact) mass is 547 g/mol. The molecule has 5 rings (SSSR count). The third kappa shape index (κ3) is 4.88. The van der Waals surface area contributed by atoms with E-state index in [1.54, 1.807) is 0 Å². The van der Waals surface area contributed by atoms with Crippen LogP contribution in [0.2, 0.25) is 5.02 Å². The molecule has 3 heterocycles. The Labute approximate surface area is 223 Å². The summed E-state index contributed by atoms with van der Waals surface area (Å²) < 4.78 is 42.4. The average molecular weight is 548 g/mol. The topological polar surface area (TPSA) is 91.3 Å². The number of amides is 1. The number of aromatic nitrogens is 2. The zero-order valence-electron chi connectivity index (χ0n) is 21.1. The Morgan fingerprint density at radius 1 is 1.16 bits per heavy atom. The summed E-state index contributed by atoms with van der Waals surface area (Å²) in [7, 11) is 3.39. The van der Waals surface area contributed by atoms with Gasteiger partial charge >= 0.3 is 12.1 Å². The number of nitrogens with zero attached hydrogens (tertiary/aromatic N) is 5. The molecule has 3 aromatic rings. The van der Waals surface area contributed by atoms with Crippen molar-refractivity contribution in [3.63, 3.8) is 0 Å². The lowest BCUT2D eigenvalue weighted by atomic mass is 10.0. The van der Waals surface area contributed by atoms with Crippen LogP contribution < -0.4 is 14.4 Å². The van der Waals surface area contributed by atoms with Crippen molar-refractivity contribution in [3.8, 4) is 22.9 Å². The van der Waals surface area contributed by atoms with Crippen LogP contribution in [0.25, 0.3) is 22.0 Å². The summed E-state index contributed by atoms with van der Waals surface area (Å²) in [6.45, 7) is 2.48. The van der Waals surface area contributed by atoms with Gasteiger partial charge in [0.15, 0.2) is 5.82 Å². The second kappa shape index (κ2) is 10.7. The third-order valence-corrected chi connectivity index (χ3v) is 7.51. The van der Waals surface area contributed by atoms with Gasteiger partial charge in [-0.15, -0.1) is 0 Å². The van der Waals surface area contributed by atoms with Crippen molar-refractivity contribution in [2.75, 3.05) is 58.4 Å². The van der Waals surface area contributed by atoms with Crippen molar-refractivity contribution in [1.82, 2.24) is 19.8 Å². The molecule has 2 fully saturated rings.